The summed E-state index contributed by atoms with van der Waals surface area (Å²) in [5.41, 5.74) is 3.10. The van der Waals surface area contributed by atoms with E-state index in [0.29, 0.717) is 22.3 Å². The van der Waals surface area contributed by atoms with E-state index in [0.717, 1.165) is 0 Å². The van der Waals surface area contributed by atoms with Gasteiger partial charge in [-0.2, -0.15) is 5.11 Å². The first-order valence-corrected chi connectivity index (χ1v) is 5.30. The number of halogens is 2. The van der Waals surface area contributed by atoms with Crippen LogP contribution in [0.5, 0.6) is 0 Å². The minimum atomic E-state index is -0.438. The molecule has 0 aromatic heterocycles. The smallest absolute Gasteiger partial charge is 0.250 e. The summed E-state index contributed by atoms with van der Waals surface area (Å²) in [5, 5.41) is 10.8. The van der Waals surface area contributed by atoms with Crippen LogP contribution in [0.15, 0.2) is 28.5 Å². The molecule has 7 heteroatoms. The van der Waals surface area contributed by atoms with Crippen LogP contribution in [0.3, 0.4) is 0 Å². The number of amides is 1. The number of hydrogen-bond acceptors (Lipinski definition) is 4. The fourth-order valence-electron chi connectivity index (χ4n) is 1.23. The van der Waals surface area contributed by atoms with Gasteiger partial charge in [0.1, 0.15) is 6.04 Å². The van der Waals surface area contributed by atoms with Gasteiger partial charge in [0, 0.05) is 5.02 Å². The Kier molecular flexibility index (Phi) is 3.26. The lowest BCUT2D eigenvalue weighted by molar-refractivity contribution is -0.117. The zero-order valence-electron chi connectivity index (χ0n) is 8.08. The molecule has 2 rings (SSSR count). The Balaban J connectivity index is 2.06. The lowest BCUT2D eigenvalue weighted by atomic mass is 10.2. The SMILES string of the molecule is O=C(Nc1ccc(Cl)cc1Cl)C1CN=NN1. The van der Waals surface area contributed by atoms with Crippen LogP contribution in [0.2, 0.25) is 10.0 Å². The van der Waals surface area contributed by atoms with Gasteiger partial charge in [-0.05, 0) is 18.2 Å². The van der Waals surface area contributed by atoms with E-state index in [-0.39, 0.29) is 5.91 Å². The van der Waals surface area contributed by atoms with Crippen molar-refractivity contribution in [3.8, 4) is 0 Å². The van der Waals surface area contributed by atoms with Crippen molar-refractivity contribution in [2.24, 2.45) is 10.3 Å². The monoisotopic (exact) mass is 258 g/mol. The number of rotatable bonds is 2. The number of benzene rings is 1. The second kappa shape index (κ2) is 4.67. The quantitative estimate of drug-likeness (QED) is 0.855. The Hall–Kier alpha value is -1.33. The molecule has 0 radical (unpaired) electrons. The average Bonchev–Trinajstić information content (AvgIpc) is 2.75. The molecule has 0 spiro atoms. The third kappa shape index (κ3) is 2.43. The van der Waals surface area contributed by atoms with E-state index >= 15 is 0 Å². The molecule has 16 heavy (non-hydrogen) atoms. The van der Waals surface area contributed by atoms with Crippen LogP contribution >= 0.6 is 23.2 Å². The van der Waals surface area contributed by atoms with Gasteiger partial charge in [-0.3, -0.25) is 10.2 Å². The molecule has 0 bridgehead atoms. The van der Waals surface area contributed by atoms with Crippen molar-refractivity contribution < 1.29 is 4.79 Å². The normalized spacial score (nSPS) is 18.2. The Morgan fingerprint density at radius 2 is 2.31 bits per heavy atom. The van der Waals surface area contributed by atoms with Gasteiger partial charge in [0.2, 0.25) is 0 Å². The summed E-state index contributed by atoms with van der Waals surface area (Å²) in [6.07, 6.45) is 0. The van der Waals surface area contributed by atoms with Crippen LogP contribution in [0.25, 0.3) is 0 Å². The van der Waals surface area contributed by atoms with Crippen LogP contribution in [0.4, 0.5) is 5.69 Å². The molecule has 1 aliphatic rings. The van der Waals surface area contributed by atoms with Crippen LogP contribution in [-0.2, 0) is 4.79 Å². The third-order valence-corrected chi connectivity index (χ3v) is 2.60. The van der Waals surface area contributed by atoms with E-state index in [9.17, 15) is 4.79 Å². The van der Waals surface area contributed by atoms with Gasteiger partial charge < -0.3 is 5.32 Å². The van der Waals surface area contributed by atoms with Gasteiger partial charge >= 0.3 is 0 Å². The molecule has 5 nitrogen and oxygen atoms in total. The lowest BCUT2D eigenvalue weighted by Gasteiger charge is -2.10. The van der Waals surface area contributed by atoms with Crippen molar-refractivity contribution in [2.45, 2.75) is 6.04 Å². The van der Waals surface area contributed by atoms with E-state index in [1.165, 1.54) is 0 Å². The maximum atomic E-state index is 11.7. The zero-order valence-corrected chi connectivity index (χ0v) is 9.59. The predicted molar refractivity (Wildman–Crippen MR) is 61.7 cm³/mol. The number of hydrogen-bond donors (Lipinski definition) is 2. The van der Waals surface area contributed by atoms with Crippen molar-refractivity contribution >= 4 is 34.8 Å². The molecule has 0 fully saturated rings. The number of anilines is 1. The predicted octanol–water partition coefficient (Wildman–Crippen LogP) is 2.27. The van der Waals surface area contributed by atoms with Crippen LogP contribution in [0, 0.1) is 0 Å². The Morgan fingerprint density at radius 1 is 1.50 bits per heavy atom. The maximum absolute atomic E-state index is 11.7. The highest BCUT2D eigenvalue weighted by Gasteiger charge is 2.21. The Morgan fingerprint density at radius 3 is 2.94 bits per heavy atom. The summed E-state index contributed by atoms with van der Waals surface area (Å²) in [5.74, 6) is -0.228. The fourth-order valence-corrected chi connectivity index (χ4v) is 1.68. The summed E-state index contributed by atoms with van der Waals surface area (Å²) >= 11 is 11.7. The first kappa shape index (κ1) is 11.2. The van der Waals surface area contributed by atoms with E-state index in [2.05, 4.69) is 21.1 Å². The lowest BCUT2D eigenvalue weighted by Crippen LogP contribution is -2.37. The van der Waals surface area contributed by atoms with E-state index < -0.39 is 6.04 Å². The van der Waals surface area contributed by atoms with Crippen molar-refractivity contribution in [2.75, 3.05) is 11.9 Å². The number of carbonyl (C=O) groups is 1. The van der Waals surface area contributed by atoms with Crippen LogP contribution in [-0.4, -0.2) is 18.5 Å². The molecule has 1 amide bonds. The van der Waals surface area contributed by atoms with Gasteiger partial charge in [-0.15, -0.1) is 0 Å². The third-order valence-electron chi connectivity index (χ3n) is 2.05. The van der Waals surface area contributed by atoms with Crippen molar-refractivity contribution in [1.29, 1.82) is 0 Å². The maximum Gasteiger partial charge on any atom is 0.250 e. The largest absolute Gasteiger partial charge is 0.323 e. The van der Waals surface area contributed by atoms with Crippen molar-refractivity contribution in [1.82, 2.24) is 5.43 Å². The molecule has 0 saturated heterocycles. The highest BCUT2D eigenvalue weighted by molar-refractivity contribution is 6.36. The van der Waals surface area contributed by atoms with Gasteiger partial charge in [-0.1, -0.05) is 28.4 Å². The zero-order chi connectivity index (χ0) is 11.5. The van der Waals surface area contributed by atoms with E-state index in [1.54, 1.807) is 18.2 Å². The number of nitrogens with zero attached hydrogens (tertiary/aromatic N) is 2. The van der Waals surface area contributed by atoms with Gasteiger partial charge in [0.05, 0.1) is 17.3 Å². The fraction of sp³-hybridized carbons (Fsp3) is 0.222. The molecule has 1 aromatic rings. The number of carbonyl (C=O) groups excluding carboxylic acids is 1. The average molecular weight is 259 g/mol. The molecule has 1 heterocycles. The van der Waals surface area contributed by atoms with Crippen LogP contribution < -0.4 is 10.7 Å². The summed E-state index contributed by atoms with van der Waals surface area (Å²) in [6.45, 7) is 0.330. The summed E-state index contributed by atoms with van der Waals surface area (Å²) in [6, 6.07) is 4.42. The molecular formula is C9H8Cl2N4O. The molecule has 1 aliphatic heterocycles. The molecule has 1 atom stereocenters. The minimum absolute atomic E-state index is 0.228. The van der Waals surface area contributed by atoms with Gasteiger partial charge in [0.15, 0.2) is 0 Å². The molecule has 0 aliphatic carbocycles. The van der Waals surface area contributed by atoms with Crippen LogP contribution in [0.1, 0.15) is 0 Å². The van der Waals surface area contributed by atoms with Crippen molar-refractivity contribution in [3.05, 3.63) is 28.2 Å². The summed E-state index contributed by atoms with van der Waals surface area (Å²) in [7, 11) is 0. The highest BCUT2D eigenvalue weighted by Crippen LogP contribution is 2.25. The Bertz CT molecular complexity index is 441. The first-order valence-electron chi connectivity index (χ1n) is 4.55. The molecule has 84 valence electrons. The molecule has 1 aromatic carbocycles. The standard InChI is InChI=1S/C9H8Cl2N4O/c10-5-1-2-7(6(11)3-5)13-9(16)8-4-12-15-14-8/h1-3,8H,4H2,(H,12,14)(H,13,16). The van der Waals surface area contributed by atoms with E-state index in [4.69, 9.17) is 23.2 Å². The summed E-state index contributed by atoms with van der Waals surface area (Å²) < 4.78 is 0. The van der Waals surface area contributed by atoms with Gasteiger partial charge in [-0.25, -0.2) is 0 Å². The second-order valence-electron chi connectivity index (χ2n) is 3.22. The second-order valence-corrected chi connectivity index (χ2v) is 4.06. The Labute approximate surface area is 102 Å². The minimum Gasteiger partial charge on any atom is -0.323 e. The van der Waals surface area contributed by atoms with Crippen molar-refractivity contribution in [3.63, 3.8) is 0 Å². The summed E-state index contributed by atoms with van der Waals surface area (Å²) in [4.78, 5) is 11.7. The topological polar surface area (TPSA) is 65.8 Å². The number of nitrogens with one attached hydrogen (secondary N) is 2. The molecule has 2 N–H and O–H groups in total. The molecular weight excluding hydrogens is 251 g/mol. The van der Waals surface area contributed by atoms with Gasteiger partial charge in [0.25, 0.3) is 5.91 Å². The molecule has 1 unspecified atom stereocenters. The highest BCUT2D eigenvalue weighted by atomic mass is 35.5. The first-order chi connectivity index (χ1) is 7.66. The molecule has 0 saturated carbocycles. The van der Waals surface area contributed by atoms with E-state index in [1.807, 2.05) is 0 Å².